The number of nitrogens with zero attached hydrogens (tertiary/aromatic N) is 1. The quantitative estimate of drug-likeness (QED) is 0.878. The van der Waals surface area contributed by atoms with Gasteiger partial charge in [0.05, 0.1) is 17.3 Å². The van der Waals surface area contributed by atoms with E-state index in [4.69, 9.17) is 5.26 Å². The Morgan fingerprint density at radius 3 is 2.68 bits per heavy atom. The third-order valence-corrected chi connectivity index (χ3v) is 4.11. The largest absolute Gasteiger partial charge is 0.380 e. The molecule has 0 bridgehead atoms. The number of rotatable bonds is 3. The van der Waals surface area contributed by atoms with Gasteiger partial charge in [-0.15, -0.1) is 0 Å². The van der Waals surface area contributed by atoms with Crippen LogP contribution in [-0.2, 0) is 0 Å². The van der Waals surface area contributed by atoms with Gasteiger partial charge in [0.15, 0.2) is 0 Å². The molecule has 2 atom stereocenters. The molecule has 1 fully saturated rings. The maximum atomic E-state index is 13.9. The summed E-state index contributed by atoms with van der Waals surface area (Å²) in [6.45, 7) is 4.47. The summed E-state index contributed by atoms with van der Waals surface area (Å²) in [7, 11) is 0. The number of benzene rings is 1. The Morgan fingerprint density at radius 2 is 2.05 bits per heavy atom. The van der Waals surface area contributed by atoms with E-state index in [1.54, 1.807) is 12.1 Å². The summed E-state index contributed by atoms with van der Waals surface area (Å²) in [4.78, 5) is 0. The van der Waals surface area contributed by atoms with Crippen molar-refractivity contribution in [1.29, 1.82) is 5.26 Å². The van der Waals surface area contributed by atoms with Gasteiger partial charge in [-0.2, -0.15) is 5.26 Å². The van der Waals surface area contributed by atoms with E-state index >= 15 is 0 Å². The minimum atomic E-state index is -0.327. The van der Waals surface area contributed by atoms with Crippen molar-refractivity contribution in [3.8, 4) is 6.07 Å². The molecule has 1 aliphatic rings. The van der Waals surface area contributed by atoms with Crippen LogP contribution in [0.3, 0.4) is 0 Å². The van der Waals surface area contributed by atoms with E-state index in [9.17, 15) is 4.39 Å². The van der Waals surface area contributed by atoms with Crippen molar-refractivity contribution in [3.05, 3.63) is 29.6 Å². The molecule has 102 valence electrons. The van der Waals surface area contributed by atoms with E-state index in [1.807, 2.05) is 6.07 Å². The van der Waals surface area contributed by atoms with Crippen molar-refractivity contribution >= 4 is 5.69 Å². The lowest BCUT2D eigenvalue weighted by Crippen LogP contribution is -2.35. The lowest BCUT2D eigenvalue weighted by Gasteiger charge is -2.35. The first-order valence-electron chi connectivity index (χ1n) is 7.08. The van der Waals surface area contributed by atoms with E-state index < -0.39 is 0 Å². The topological polar surface area (TPSA) is 35.8 Å². The fourth-order valence-electron chi connectivity index (χ4n) is 3.04. The van der Waals surface area contributed by atoms with Gasteiger partial charge >= 0.3 is 0 Å². The molecule has 1 N–H and O–H groups in total. The van der Waals surface area contributed by atoms with Crippen LogP contribution in [0.5, 0.6) is 0 Å². The highest BCUT2D eigenvalue weighted by molar-refractivity contribution is 5.49. The van der Waals surface area contributed by atoms with Crippen LogP contribution in [0.25, 0.3) is 0 Å². The Hall–Kier alpha value is -1.56. The molecule has 0 heterocycles. The molecule has 2 unspecified atom stereocenters. The molecule has 0 amide bonds. The lowest BCUT2D eigenvalue weighted by molar-refractivity contribution is 0.253. The van der Waals surface area contributed by atoms with E-state index in [0.29, 0.717) is 29.1 Å². The molecule has 0 spiro atoms. The molecular weight excluding hydrogens is 239 g/mol. The Bertz CT molecular complexity index is 476. The van der Waals surface area contributed by atoms with E-state index in [0.717, 1.165) is 6.42 Å². The molecule has 2 rings (SSSR count). The summed E-state index contributed by atoms with van der Waals surface area (Å²) in [5.74, 6) is 0.884. The maximum Gasteiger partial charge on any atom is 0.147 e. The third-order valence-electron chi connectivity index (χ3n) is 4.11. The van der Waals surface area contributed by atoms with Gasteiger partial charge in [0.2, 0.25) is 0 Å². The Morgan fingerprint density at radius 1 is 1.32 bits per heavy atom. The Labute approximate surface area is 114 Å². The van der Waals surface area contributed by atoms with Crippen molar-refractivity contribution < 1.29 is 4.39 Å². The molecule has 3 heteroatoms. The molecule has 0 aliphatic heterocycles. The minimum absolute atomic E-state index is 0.327. The number of anilines is 1. The number of nitriles is 1. The summed E-state index contributed by atoms with van der Waals surface area (Å²) in [5.41, 5.74) is 0.892. The van der Waals surface area contributed by atoms with Crippen LogP contribution in [0.2, 0.25) is 0 Å². The van der Waals surface area contributed by atoms with Crippen LogP contribution >= 0.6 is 0 Å². The standard InChI is InChI=1S/C16H21FN2/c1-11(2)13-5-3-4-6-15(13)19-16-8-7-12(10-18)9-14(16)17/h7-9,11,13,15,19H,3-6H2,1-2H3. The maximum absolute atomic E-state index is 13.9. The molecular formula is C16H21FN2. The van der Waals surface area contributed by atoms with Crippen molar-refractivity contribution in [2.45, 2.75) is 45.6 Å². The van der Waals surface area contributed by atoms with Crippen LogP contribution in [0, 0.1) is 29.0 Å². The molecule has 19 heavy (non-hydrogen) atoms. The van der Waals surface area contributed by atoms with Gasteiger partial charge < -0.3 is 5.32 Å². The van der Waals surface area contributed by atoms with Crippen molar-refractivity contribution in [2.24, 2.45) is 11.8 Å². The summed E-state index contributed by atoms with van der Waals surface area (Å²) in [6, 6.07) is 6.95. The Balaban J connectivity index is 2.13. The molecule has 0 aromatic heterocycles. The highest BCUT2D eigenvalue weighted by Crippen LogP contribution is 2.32. The minimum Gasteiger partial charge on any atom is -0.380 e. The number of hydrogen-bond acceptors (Lipinski definition) is 2. The van der Waals surface area contributed by atoms with Crippen LogP contribution < -0.4 is 5.32 Å². The van der Waals surface area contributed by atoms with Gasteiger partial charge in [-0.05, 0) is 42.9 Å². The monoisotopic (exact) mass is 260 g/mol. The highest BCUT2D eigenvalue weighted by Gasteiger charge is 2.27. The molecule has 2 nitrogen and oxygen atoms in total. The summed E-state index contributed by atoms with van der Waals surface area (Å²) in [5, 5.41) is 12.1. The molecule has 1 saturated carbocycles. The number of halogens is 1. The fourth-order valence-corrected chi connectivity index (χ4v) is 3.04. The summed E-state index contributed by atoms with van der Waals surface area (Å²) >= 11 is 0. The second-order valence-electron chi connectivity index (χ2n) is 5.75. The SMILES string of the molecule is CC(C)C1CCCCC1Nc1ccc(C#N)cc1F. The first-order chi connectivity index (χ1) is 9.11. The zero-order valence-corrected chi connectivity index (χ0v) is 11.6. The molecule has 1 aromatic rings. The van der Waals surface area contributed by atoms with Crippen molar-refractivity contribution in [3.63, 3.8) is 0 Å². The first kappa shape index (κ1) is 13.9. The van der Waals surface area contributed by atoms with E-state index in [-0.39, 0.29) is 5.82 Å². The zero-order chi connectivity index (χ0) is 13.8. The average molecular weight is 260 g/mol. The third kappa shape index (κ3) is 3.26. The number of nitrogens with one attached hydrogen (secondary N) is 1. The van der Waals surface area contributed by atoms with Crippen molar-refractivity contribution in [1.82, 2.24) is 0 Å². The van der Waals surface area contributed by atoms with Crippen LogP contribution in [0.1, 0.15) is 45.1 Å². The van der Waals surface area contributed by atoms with E-state index in [1.165, 1.54) is 25.3 Å². The molecule has 0 radical (unpaired) electrons. The average Bonchev–Trinajstić information content (AvgIpc) is 2.41. The van der Waals surface area contributed by atoms with Crippen molar-refractivity contribution in [2.75, 3.05) is 5.32 Å². The second kappa shape index (κ2) is 6.06. The van der Waals surface area contributed by atoms with Crippen LogP contribution in [0.15, 0.2) is 18.2 Å². The van der Waals surface area contributed by atoms with Gasteiger partial charge in [-0.3, -0.25) is 0 Å². The lowest BCUT2D eigenvalue weighted by atomic mass is 9.78. The first-order valence-corrected chi connectivity index (χ1v) is 7.08. The van der Waals surface area contributed by atoms with Gasteiger partial charge in [-0.1, -0.05) is 26.7 Å². The summed E-state index contributed by atoms with van der Waals surface area (Å²) < 4.78 is 13.9. The summed E-state index contributed by atoms with van der Waals surface area (Å²) in [6.07, 6.45) is 4.80. The predicted molar refractivity (Wildman–Crippen MR) is 75.3 cm³/mol. The highest BCUT2D eigenvalue weighted by atomic mass is 19.1. The van der Waals surface area contributed by atoms with E-state index in [2.05, 4.69) is 19.2 Å². The van der Waals surface area contributed by atoms with Gasteiger partial charge in [0.1, 0.15) is 5.82 Å². The van der Waals surface area contributed by atoms with Gasteiger partial charge in [0, 0.05) is 6.04 Å². The smallest absolute Gasteiger partial charge is 0.147 e. The zero-order valence-electron chi connectivity index (χ0n) is 11.6. The van der Waals surface area contributed by atoms with Crippen LogP contribution in [-0.4, -0.2) is 6.04 Å². The Kier molecular flexibility index (Phi) is 4.42. The molecule has 1 aliphatic carbocycles. The van der Waals surface area contributed by atoms with Gasteiger partial charge in [-0.25, -0.2) is 4.39 Å². The van der Waals surface area contributed by atoms with Crippen LogP contribution in [0.4, 0.5) is 10.1 Å². The fraction of sp³-hybridized carbons (Fsp3) is 0.562. The second-order valence-corrected chi connectivity index (χ2v) is 5.75. The van der Waals surface area contributed by atoms with Gasteiger partial charge in [0.25, 0.3) is 0 Å². The predicted octanol–water partition coefficient (Wildman–Crippen LogP) is 4.32. The normalized spacial score (nSPS) is 23.1. The molecule has 1 aromatic carbocycles. The number of hydrogen-bond donors (Lipinski definition) is 1. The molecule has 0 saturated heterocycles.